The van der Waals surface area contributed by atoms with E-state index in [-0.39, 0.29) is 17.5 Å². The van der Waals surface area contributed by atoms with Crippen molar-refractivity contribution in [3.8, 4) is 0 Å². The van der Waals surface area contributed by atoms with Gasteiger partial charge in [0, 0.05) is 29.8 Å². The Morgan fingerprint density at radius 3 is 2.89 bits per heavy atom. The average Bonchev–Trinajstić information content (AvgIpc) is 3.46. The van der Waals surface area contributed by atoms with Crippen LogP contribution in [0.2, 0.25) is 0 Å². The molecule has 0 spiro atoms. The zero-order valence-electron chi connectivity index (χ0n) is 14.9. The molecule has 0 radical (unpaired) electrons. The van der Waals surface area contributed by atoms with Crippen molar-refractivity contribution in [3.63, 3.8) is 0 Å². The number of amides is 1. The third kappa shape index (κ3) is 3.43. The topological polar surface area (TPSA) is 64.4 Å². The van der Waals surface area contributed by atoms with Crippen molar-refractivity contribution in [1.29, 1.82) is 0 Å². The number of thioether (sulfide) groups is 2. The number of hydrogen-bond acceptors (Lipinski definition) is 7. The first-order chi connectivity index (χ1) is 13.2. The third-order valence-corrected chi connectivity index (χ3v) is 8.47. The SMILES string of the molecule is O=C(CSc1nc2sc3c(c2c(=O)n1C1CC1)CCSC3)N1CCOCC1. The molecule has 1 saturated carbocycles. The van der Waals surface area contributed by atoms with Crippen LogP contribution in [-0.4, -0.2) is 58.2 Å². The molecule has 2 aromatic rings. The van der Waals surface area contributed by atoms with Gasteiger partial charge in [0.2, 0.25) is 5.91 Å². The minimum atomic E-state index is 0.0990. The van der Waals surface area contributed by atoms with Crippen LogP contribution in [0.5, 0.6) is 0 Å². The number of aromatic nitrogens is 2. The van der Waals surface area contributed by atoms with Crippen molar-refractivity contribution in [2.24, 2.45) is 0 Å². The second-order valence-corrected chi connectivity index (χ2v) is 10.2. The summed E-state index contributed by atoms with van der Waals surface area (Å²) in [4.78, 5) is 34.7. The number of ether oxygens (including phenoxy) is 1. The average molecular weight is 424 g/mol. The molecule has 0 bridgehead atoms. The van der Waals surface area contributed by atoms with Crippen LogP contribution in [0.4, 0.5) is 0 Å². The predicted octanol–water partition coefficient (Wildman–Crippen LogP) is 2.53. The van der Waals surface area contributed by atoms with Gasteiger partial charge in [-0.05, 0) is 30.6 Å². The molecule has 1 aliphatic carbocycles. The van der Waals surface area contributed by atoms with Gasteiger partial charge in [-0.2, -0.15) is 11.8 Å². The lowest BCUT2D eigenvalue weighted by Gasteiger charge is -2.26. The lowest BCUT2D eigenvalue weighted by molar-refractivity contribution is -0.132. The van der Waals surface area contributed by atoms with E-state index in [1.807, 2.05) is 21.2 Å². The second kappa shape index (κ2) is 7.42. The highest BCUT2D eigenvalue weighted by Crippen LogP contribution is 2.40. The van der Waals surface area contributed by atoms with Crippen LogP contribution in [0.1, 0.15) is 29.3 Å². The van der Waals surface area contributed by atoms with E-state index in [1.165, 1.54) is 22.2 Å². The van der Waals surface area contributed by atoms with Gasteiger partial charge in [0.15, 0.2) is 5.16 Å². The summed E-state index contributed by atoms with van der Waals surface area (Å²) in [5.41, 5.74) is 1.33. The van der Waals surface area contributed by atoms with Gasteiger partial charge in [0.05, 0.1) is 24.4 Å². The molecular weight excluding hydrogens is 402 g/mol. The van der Waals surface area contributed by atoms with Crippen molar-refractivity contribution in [2.45, 2.75) is 36.2 Å². The largest absolute Gasteiger partial charge is 0.378 e. The van der Waals surface area contributed by atoms with Crippen LogP contribution < -0.4 is 5.56 Å². The van der Waals surface area contributed by atoms with E-state index in [0.29, 0.717) is 37.2 Å². The first-order valence-electron chi connectivity index (χ1n) is 9.35. The molecule has 0 aromatic carbocycles. The highest BCUT2D eigenvalue weighted by molar-refractivity contribution is 7.99. The maximum atomic E-state index is 13.3. The number of hydrogen-bond donors (Lipinski definition) is 0. The molecule has 5 rings (SSSR count). The third-order valence-electron chi connectivity index (χ3n) is 5.24. The number of fused-ring (bicyclic) bond motifs is 3. The molecule has 1 amide bonds. The number of carbonyl (C=O) groups excluding carboxylic acids is 1. The van der Waals surface area contributed by atoms with Crippen LogP contribution in [0.25, 0.3) is 10.2 Å². The molecule has 0 unspecified atom stereocenters. The molecule has 9 heteroatoms. The molecule has 3 aliphatic rings. The molecule has 144 valence electrons. The molecular formula is C18H21N3O3S3. The molecule has 1 saturated heterocycles. The van der Waals surface area contributed by atoms with Crippen LogP contribution >= 0.6 is 34.9 Å². The Balaban J connectivity index is 1.47. The molecule has 2 aromatic heterocycles. The summed E-state index contributed by atoms with van der Waals surface area (Å²) in [6.07, 6.45) is 3.02. The Kier molecular flexibility index (Phi) is 4.95. The summed E-state index contributed by atoms with van der Waals surface area (Å²) >= 11 is 5.00. The van der Waals surface area contributed by atoms with E-state index < -0.39 is 0 Å². The molecule has 0 atom stereocenters. The van der Waals surface area contributed by atoms with Crippen molar-refractivity contribution < 1.29 is 9.53 Å². The highest BCUT2D eigenvalue weighted by Gasteiger charge is 2.31. The number of morpholine rings is 1. The normalized spacial score (nSPS) is 20.1. The number of aryl methyl sites for hydroxylation is 1. The molecule has 27 heavy (non-hydrogen) atoms. The maximum absolute atomic E-state index is 13.3. The Bertz CT molecular complexity index is 945. The summed E-state index contributed by atoms with van der Waals surface area (Å²) in [6.45, 7) is 2.51. The number of carbonyl (C=O) groups is 1. The van der Waals surface area contributed by atoms with Gasteiger partial charge >= 0.3 is 0 Å². The van der Waals surface area contributed by atoms with Gasteiger partial charge in [0.1, 0.15) is 4.83 Å². The van der Waals surface area contributed by atoms with E-state index >= 15 is 0 Å². The lowest BCUT2D eigenvalue weighted by Crippen LogP contribution is -2.41. The van der Waals surface area contributed by atoms with Crippen LogP contribution in [0.3, 0.4) is 0 Å². The maximum Gasteiger partial charge on any atom is 0.263 e. The summed E-state index contributed by atoms with van der Waals surface area (Å²) in [7, 11) is 0. The molecule has 2 aliphatic heterocycles. The summed E-state index contributed by atoms with van der Waals surface area (Å²) < 4.78 is 7.19. The van der Waals surface area contributed by atoms with Crippen molar-refractivity contribution in [1.82, 2.24) is 14.5 Å². The Hall–Kier alpha value is -1.03. The Labute approximate surface area is 169 Å². The summed E-state index contributed by atoms with van der Waals surface area (Å²) in [6, 6.07) is 0.254. The Morgan fingerprint density at radius 2 is 2.11 bits per heavy atom. The van der Waals surface area contributed by atoms with E-state index in [0.717, 1.165) is 41.0 Å². The molecule has 4 heterocycles. The predicted molar refractivity (Wildman–Crippen MR) is 110 cm³/mol. The highest BCUT2D eigenvalue weighted by atomic mass is 32.2. The molecule has 2 fully saturated rings. The van der Waals surface area contributed by atoms with E-state index in [1.54, 1.807) is 11.3 Å². The monoisotopic (exact) mass is 423 g/mol. The molecule has 0 N–H and O–H groups in total. The minimum absolute atomic E-state index is 0.0990. The fourth-order valence-electron chi connectivity index (χ4n) is 3.65. The van der Waals surface area contributed by atoms with Gasteiger partial charge in [-0.15, -0.1) is 11.3 Å². The Morgan fingerprint density at radius 1 is 1.30 bits per heavy atom. The fraction of sp³-hybridized carbons (Fsp3) is 0.611. The minimum Gasteiger partial charge on any atom is -0.378 e. The zero-order valence-corrected chi connectivity index (χ0v) is 17.4. The number of rotatable bonds is 4. The van der Waals surface area contributed by atoms with E-state index in [9.17, 15) is 9.59 Å². The van der Waals surface area contributed by atoms with E-state index in [2.05, 4.69) is 0 Å². The first-order valence-corrected chi connectivity index (χ1v) is 12.3. The summed E-state index contributed by atoms with van der Waals surface area (Å²) in [5.74, 6) is 2.48. The van der Waals surface area contributed by atoms with Crippen LogP contribution in [-0.2, 0) is 21.7 Å². The number of thiophene rings is 1. The van der Waals surface area contributed by atoms with Crippen LogP contribution in [0.15, 0.2) is 9.95 Å². The lowest BCUT2D eigenvalue weighted by atomic mass is 10.1. The second-order valence-electron chi connectivity index (χ2n) is 7.07. The van der Waals surface area contributed by atoms with Gasteiger partial charge in [-0.1, -0.05) is 11.8 Å². The van der Waals surface area contributed by atoms with Gasteiger partial charge in [0.25, 0.3) is 5.56 Å². The molecule has 6 nitrogen and oxygen atoms in total. The van der Waals surface area contributed by atoms with Gasteiger partial charge in [-0.25, -0.2) is 4.98 Å². The number of nitrogens with zero attached hydrogens (tertiary/aromatic N) is 3. The van der Waals surface area contributed by atoms with Crippen molar-refractivity contribution in [2.75, 3.05) is 37.8 Å². The summed E-state index contributed by atoms with van der Waals surface area (Å²) in [5, 5.41) is 1.55. The van der Waals surface area contributed by atoms with Crippen molar-refractivity contribution >= 4 is 51.0 Å². The zero-order chi connectivity index (χ0) is 18.4. The van der Waals surface area contributed by atoms with Gasteiger partial charge < -0.3 is 9.64 Å². The quantitative estimate of drug-likeness (QED) is 0.556. The van der Waals surface area contributed by atoms with Gasteiger partial charge in [-0.3, -0.25) is 14.2 Å². The smallest absolute Gasteiger partial charge is 0.263 e. The van der Waals surface area contributed by atoms with E-state index in [4.69, 9.17) is 9.72 Å². The van der Waals surface area contributed by atoms with Crippen LogP contribution in [0, 0.1) is 0 Å². The fourth-order valence-corrected chi connectivity index (χ4v) is 7.02. The standard InChI is InChI=1S/C18H21N3O3S3/c22-14(20-4-6-24-7-5-20)10-26-18-19-16-15(17(23)21(18)11-1-2-11)12-3-8-25-9-13(12)27-16/h11H,1-10H2. The van der Waals surface area contributed by atoms with Crippen molar-refractivity contribution in [3.05, 3.63) is 20.8 Å². The first kappa shape index (κ1) is 18.0.